The topological polar surface area (TPSA) is 106 Å². The molecule has 3 aromatic rings. The quantitative estimate of drug-likeness (QED) is 0.380. The highest BCUT2D eigenvalue weighted by Gasteiger charge is 2.30. The van der Waals surface area contributed by atoms with E-state index in [0.29, 0.717) is 19.7 Å². The van der Waals surface area contributed by atoms with E-state index in [2.05, 4.69) is 4.90 Å². The molecule has 1 aromatic heterocycles. The van der Waals surface area contributed by atoms with Crippen LogP contribution in [0.1, 0.15) is 6.92 Å². The minimum absolute atomic E-state index is 0.0628. The van der Waals surface area contributed by atoms with E-state index in [1.807, 2.05) is 36.6 Å². The summed E-state index contributed by atoms with van der Waals surface area (Å²) < 4.78 is 32.7. The molecule has 0 unspecified atom stereocenters. The van der Waals surface area contributed by atoms with Crippen LogP contribution < -0.4 is 9.64 Å². The van der Waals surface area contributed by atoms with Gasteiger partial charge in [0.1, 0.15) is 5.75 Å². The van der Waals surface area contributed by atoms with Crippen molar-refractivity contribution in [3.05, 3.63) is 64.0 Å². The number of rotatable bonds is 7. The fraction of sp³-hybridized carbons (Fsp3) is 0.286. The van der Waals surface area contributed by atoms with E-state index in [0.717, 1.165) is 28.2 Å². The molecule has 1 aliphatic heterocycles. The third-order valence-corrected chi connectivity index (χ3v) is 7.92. The molecule has 1 fully saturated rings. The maximum absolute atomic E-state index is 12.9. The maximum Gasteiger partial charge on any atom is 0.270 e. The predicted molar refractivity (Wildman–Crippen MR) is 123 cm³/mol. The van der Waals surface area contributed by atoms with E-state index in [4.69, 9.17) is 9.72 Å². The first kappa shape index (κ1) is 22.2. The molecule has 168 valence electrons. The van der Waals surface area contributed by atoms with E-state index in [1.54, 1.807) is 0 Å². The maximum atomic E-state index is 12.9. The Kier molecular flexibility index (Phi) is 6.40. The van der Waals surface area contributed by atoms with Crippen LogP contribution in [0.25, 0.3) is 11.3 Å². The number of non-ortho nitro benzene ring substituents is 1. The number of nitro benzene ring substituents is 1. The number of nitro groups is 1. The molecule has 0 saturated carbocycles. The van der Waals surface area contributed by atoms with E-state index < -0.39 is 14.9 Å². The molecule has 0 spiro atoms. The van der Waals surface area contributed by atoms with Crippen molar-refractivity contribution < 1.29 is 18.1 Å². The number of thiazole rings is 1. The van der Waals surface area contributed by atoms with Crippen LogP contribution in [0.15, 0.2) is 58.8 Å². The lowest BCUT2D eigenvalue weighted by molar-refractivity contribution is -0.385. The summed E-state index contributed by atoms with van der Waals surface area (Å²) in [5, 5.41) is 13.8. The van der Waals surface area contributed by atoms with Gasteiger partial charge in [0.05, 0.1) is 22.1 Å². The zero-order chi connectivity index (χ0) is 22.7. The van der Waals surface area contributed by atoms with Gasteiger partial charge in [-0.3, -0.25) is 10.1 Å². The summed E-state index contributed by atoms with van der Waals surface area (Å²) >= 11 is 1.52. The molecule has 0 amide bonds. The fourth-order valence-corrected chi connectivity index (χ4v) is 5.81. The molecule has 32 heavy (non-hydrogen) atoms. The van der Waals surface area contributed by atoms with Crippen LogP contribution in [0.4, 0.5) is 10.8 Å². The van der Waals surface area contributed by atoms with Crippen LogP contribution in [0.5, 0.6) is 5.75 Å². The van der Waals surface area contributed by atoms with Crippen molar-refractivity contribution in [1.29, 1.82) is 0 Å². The molecule has 1 aliphatic rings. The highest BCUT2D eigenvalue weighted by atomic mass is 32.2. The third-order valence-electron chi connectivity index (χ3n) is 5.13. The lowest BCUT2D eigenvalue weighted by atomic mass is 10.2. The van der Waals surface area contributed by atoms with Gasteiger partial charge < -0.3 is 9.64 Å². The molecule has 2 heterocycles. The van der Waals surface area contributed by atoms with Gasteiger partial charge in [0.25, 0.3) is 5.69 Å². The summed E-state index contributed by atoms with van der Waals surface area (Å²) in [5.41, 5.74) is 1.61. The van der Waals surface area contributed by atoms with Crippen LogP contribution in [-0.4, -0.2) is 55.4 Å². The fourth-order valence-electron chi connectivity index (χ4n) is 3.46. The van der Waals surface area contributed by atoms with Crippen molar-refractivity contribution in [2.75, 3.05) is 37.7 Å². The summed E-state index contributed by atoms with van der Waals surface area (Å²) in [6, 6.07) is 12.9. The lowest BCUT2D eigenvalue weighted by Crippen LogP contribution is -2.48. The van der Waals surface area contributed by atoms with E-state index in [-0.39, 0.29) is 23.7 Å². The minimum Gasteiger partial charge on any atom is -0.494 e. The summed E-state index contributed by atoms with van der Waals surface area (Å²) in [4.78, 5) is 17.1. The van der Waals surface area contributed by atoms with Crippen LogP contribution in [-0.2, 0) is 10.0 Å². The third kappa shape index (κ3) is 4.59. The average Bonchev–Trinajstić information content (AvgIpc) is 3.30. The van der Waals surface area contributed by atoms with E-state index in [9.17, 15) is 18.5 Å². The van der Waals surface area contributed by atoms with Gasteiger partial charge in [-0.25, -0.2) is 13.4 Å². The first-order valence-electron chi connectivity index (χ1n) is 10.1. The second kappa shape index (κ2) is 9.23. The molecular formula is C21H22N4O5S2. The number of aromatic nitrogens is 1. The van der Waals surface area contributed by atoms with Crippen molar-refractivity contribution in [1.82, 2.24) is 9.29 Å². The second-order valence-corrected chi connectivity index (χ2v) is 9.89. The second-order valence-electron chi connectivity index (χ2n) is 7.12. The van der Waals surface area contributed by atoms with E-state index in [1.165, 1.54) is 33.8 Å². The zero-order valence-electron chi connectivity index (χ0n) is 17.4. The number of benzene rings is 2. The molecule has 0 radical (unpaired) electrons. The van der Waals surface area contributed by atoms with Crippen molar-refractivity contribution in [3.63, 3.8) is 0 Å². The Morgan fingerprint density at radius 3 is 2.50 bits per heavy atom. The van der Waals surface area contributed by atoms with Crippen LogP contribution in [0.2, 0.25) is 0 Å². The average molecular weight is 475 g/mol. The standard InChI is InChI=1S/C21H22N4O5S2/c1-2-30-18-8-6-16(7-9-18)20-15-31-21(22-20)23-10-12-24(13-11-23)32(28,29)19-5-3-4-17(14-19)25(26)27/h3-9,14-15H,2,10-13H2,1H3. The van der Waals surface area contributed by atoms with Gasteiger partial charge in [0, 0.05) is 49.3 Å². The zero-order valence-corrected chi connectivity index (χ0v) is 19.0. The number of sulfonamides is 1. The molecular weight excluding hydrogens is 452 g/mol. The normalized spacial score (nSPS) is 15.0. The molecule has 9 nitrogen and oxygen atoms in total. The summed E-state index contributed by atoms with van der Waals surface area (Å²) in [5.74, 6) is 0.813. The summed E-state index contributed by atoms with van der Waals surface area (Å²) in [6.45, 7) is 4.10. The first-order chi connectivity index (χ1) is 15.4. The molecule has 0 bridgehead atoms. The molecule has 11 heteroatoms. The van der Waals surface area contributed by atoms with Crippen molar-refractivity contribution in [2.24, 2.45) is 0 Å². The van der Waals surface area contributed by atoms with Gasteiger partial charge in [0.15, 0.2) is 5.13 Å². The number of nitrogens with zero attached hydrogens (tertiary/aromatic N) is 4. The smallest absolute Gasteiger partial charge is 0.270 e. The van der Waals surface area contributed by atoms with Crippen molar-refractivity contribution in [3.8, 4) is 17.0 Å². The number of ether oxygens (including phenoxy) is 1. The van der Waals surface area contributed by atoms with E-state index >= 15 is 0 Å². The van der Waals surface area contributed by atoms with Gasteiger partial charge in [-0.05, 0) is 37.3 Å². The molecule has 2 aromatic carbocycles. The van der Waals surface area contributed by atoms with Gasteiger partial charge >= 0.3 is 0 Å². The van der Waals surface area contributed by atoms with Crippen LogP contribution in [0.3, 0.4) is 0 Å². The van der Waals surface area contributed by atoms with Crippen molar-refractivity contribution in [2.45, 2.75) is 11.8 Å². The highest BCUT2D eigenvalue weighted by molar-refractivity contribution is 7.89. The Morgan fingerprint density at radius 2 is 1.84 bits per heavy atom. The number of hydrogen-bond acceptors (Lipinski definition) is 8. The summed E-state index contributed by atoms with van der Waals surface area (Å²) in [7, 11) is -3.80. The Labute approximate surface area is 190 Å². The minimum atomic E-state index is -3.80. The van der Waals surface area contributed by atoms with Gasteiger partial charge in [-0.15, -0.1) is 11.3 Å². The molecule has 0 aliphatic carbocycles. The lowest BCUT2D eigenvalue weighted by Gasteiger charge is -2.33. The molecule has 1 saturated heterocycles. The monoisotopic (exact) mass is 474 g/mol. The van der Waals surface area contributed by atoms with Crippen LogP contribution >= 0.6 is 11.3 Å². The van der Waals surface area contributed by atoms with Gasteiger partial charge in [-0.1, -0.05) is 6.07 Å². The largest absolute Gasteiger partial charge is 0.494 e. The SMILES string of the molecule is CCOc1ccc(-c2csc(N3CCN(S(=O)(=O)c4cccc([N+](=O)[O-])c4)CC3)n2)cc1. The van der Waals surface area contributed by atoms with Crippen LogP contribution in [0, 0.1) is 10.1 Å². The van der Waals surface area contributed by atoms with Crippen molar-refractivity contribution >= 4 is 32.2 Å². The summed E-state index contributed by atoms with van der Waals surface area (Å²) in [6.07, 6.45) is 0. The van der Waals surface area contributed by atoms with Gasteiger partial charge in [-0.2, -0.15) is 4.31 Å². The number of piperazine rings is 1. The Morgan fingerprint density at radius 1 is 1.12 bits per heavy atom. The van der Waals surface area contributed by atoms with Gasteiger partial charge in [0.2, 0.25) is 10.0 Å². The Balaban J connectivity index is 1.43. The molecule has 0 N–H and O–H groups in total. The Bertz CT molecular complexity index is 1200. The predicted octanol–water partition coefficient (Wildman–Crippen LogP) is 3.63. The molecule has 0 atom stereocenters. The molecule has 4 rings (SSSR count). The highest BCUT2D eigenvalue weighted by Crippen LogP contribution is 2.30. The first-order valence-corrected chi connectivity index (χ1v) is 12.4. The number of anilines is 1. The Hall–Kier alpha value is -3.02. The number of hydrogen-bond donors (Lipinski definition) is 0.